The Morgan fingerprint density at radius 2 is 1.87 bits per heavy atom. The summed E-state index contributed by atoms with van der Waals surface area (Å²) in [5.74, 6) is 1.88. The number of morpholine rings is 1. The van der Waals surface area contributed by atoms with Gasteiger partial charge in [0.05, 0.1) is 18.9 Å². The number of carbonyl (C=O) groups excluding carboxylic acids is 1. The van der Waals surface area contributed by atoms with Crippen molar-refractivity contribution in [2.75, 3.05) is 52.6 Å². The summed E-state index contributed by atoms with van der Waals surface area (Å²) >= 11 is 0. The van der Waals surface area contributed by atoms with E-state index in [-0.39, 0.29) is 11.9 Å². The summed E-state index contributed by atoms with van der Waals surface area (Å²) in [6.07, 6.45) is 2.29. The molecule has 0 radical (unpaired) electrons. The summed E-state index contributed by atoms with van der Waals surface area (Å²) in [7, 11) is 0. The molecule has 0 aliphatic carbocycles. The quantitative estimate of drug-likeness (QED) is 0.684. The minimum Gasteiger partial charge on any atom is -0.456 e. The summed E-state index contributed by atoms with van der Waals surface area (Å²) in [5.41, 5.74) is 1.86. The molecule has 4 heterocycles. The second-order valence-corrected chi connectivity index (χ2v) is 8.04. The van der Waals surface area contributed by atoms with Gasteiger partial charge in [-0.1, -0.05) is 5.16 Å². The Balaban J connectivity index is 1.45. The number of hydrogen-bond acceptors (Lipinski definition) is 7. The first-order chi connectivity index (χ1) is 14.6. The van der Waals surface area contributed by atoms with Crippen molar-refractivity contribution in [3.63, 3.8) is 0 Å². The zero-order valence-corrected chi connectivity index (χ0v) is 17.9. The normalized spacial score (nSPS) is 18.6. The molecule has 8 nitrogen and oxygen atoms in total. The summed E-state index contributed by atoms with van der Waals surface area (Å²) in [6, 6.07) is 3.85. The van der Waals surface area contributed by atoms with Gasteiger partial charge in [0.1, 0.15) is 11.5 Å². The van der Waals surface area contributed by atoms with Gasteiger partial charge < -0.3 is 23.3 Å². The third-order valence-corrected chi connectivity index (χ3v) is 6.06. The molecule has 0 aromatic carbocycles. The van der Waals surface area contributed by atoms with Crippen LogP contribution in [0.3, 0.4) is 0 Å². The van der Waals surface area contributed by atoms with E-state index in [0.717, 1.165) is 68.5 Å². The fourth-order valence-corrected chi connectivity index (χ4v) is 4.18. The maximum Gasteiger partial charge on any atom is 0.289 e. The van der Waals surface area contributed by atoms with Crippen LogP contribution in [-0.4, -0.2) is 79.5 Å². The maximum absolute atomic E-state index is 13.4. The lowest BCUT2D eigenvalue weighted by atomic mass is 10.1. The van der Waals surface area contributed by atoms with E-state index in [1.807, 2.05) is 24.8 Å². The number of aryl methyl sites for hydroxylation is 2. The molecule has 0 spiro atoms. The lowest BCUT2D eigenvalue weighted by Crippen LogP contribution is -2.48. The van der Waals surface area contributed by atoms with Crippen molar-refractivity contribution in [3.05, 3.63) is 40.7 Å². The van der Waals surface area contributed by atoms with Gasteiger partial charge >= 0.3 is 0 Å². The van der Waals surface area contributed by atoms with Gasteiger partial charge in [0.15, 0.2) is 5.76 Å². The van der Waals surface area contributed by atoms with Crippen LogP contribution in [0.25, 0.3) is 0 Å². The van der Waals surface area contributed by atoms with Crippen LogP contribution in [0.2, 0.25) is 0 Å². The maximum atomic E-state index is 13.4. The molecule has 0 saturated carbocycles. The van der Waals surface area contributed by atoms with E-state index in [9.17, 15) is 4.79 Å². The molecule has 4 rings (SSSR count). The van der Waals surface area contributed by atoms with Crippen LogP contribution < -0.4 is 0 Å². The largest absolute Gasteiger partial charge is 0.456 e. The van der Waals surface area contributed by atoms with Crippen molar-refractivity contribution in [1.29, 1.82) is 0 Å². The number of carbonyl (C=O) groups is 1. The highest BCUT2D eigenvalue weighted by Gasteiger charge is 2.29. The van der Waals surface area contributed by atoms with Crippen molar-refractivity contribution in [2.24, 2.45) is 0 Å². The highest BCUT2D eigenvalue weighted by molar-refractivity contribution is 5.91. The van der Waals surface area contributed by atoms with Gasteiger partial charge in [0.2, 0.25) is 0 Å². The molecule has 30 heavy (non-hydrogen) atoms. The van der Waals surface area contributed by atoms with Crippen LogP contribution >= 0.6 is 0 Å². The van der Waals surface area contributed by atoms with Crippen LogP contribution in [0.4, 0.5) is 0 Å². The van der Waals surface area contributed by atoms with E-state index in [1.54, 1.807) is 6.07 Å². The predicted molar refractivity (Wildman–Crippen MR) is 110 cm³/mol. The molecule has 0 N–H and O–H groups in total. The molecule has 2 aromatic rings. The Morgan fingerprint density at radius 1 is 1.13 bits per heavy atom. The fourth-order valence-electron chi connectivity index (χ4n) is 4.18. The molecule has 2 fully saturated rings. The lowest BCUT2D eigenvalue weighted by molar-refractivity contribution is 0.0129. The Kier molecular flexibility index (Phi) is 6.86. The zero-order chi connectivity index (χ0) is 20.9. The number of ether oxygens (including phenoxy) is 2. The van der Waals surface area contributed by atoms with Crippen molar-refractivity contribution >= 4 is 5.91 Å². The van der Waals surface area contributed by atoms with Gasteiger partial charge in [-0.3, -0.25) is 9.69 Å². The monoisotopic (exact) mass is 417 g/mol. The Hall–Kier alpha value is -2.16. The fraction of sp³-hybridized carbons (Fsp3) is 0.636. The third kappa shape index (κ3) is 4.94. The first-order valence-corrected chi connectivity index (χ1v) is 10.8. The van der Waals surface area contributed by atoms with Crippen molar-refractivity contribution in [1.82, 2.24) is 15.0 Å². The number of amides is 1. The number of rotatable bonds is 7. The van der Waals surface area contributed by atoms with Crippen LogP contribution in [0.1, 0.15) is 46.2 Å². The molecule has 0 atom stereocenters. The predicted octanol–water partition coefficient (Wildman–Crippen LogP) is 2.43. The number of aromatic nitrogens is 1. The van der Waals surface area contributed by atoms with Crippen LogP contribution in [0, 0.1) is 13.8 Å². The number of hydrogen-bond donors (Lipinski definition) is 0. The third-order valence-electron chi connectivity index (χ3n) is 6.06. The standard InChI is InChI=1S/C22H31N3O5/c1-16-20(17(2)30-23-16)15-19-3-4-21(29-19)22(26)25(18-5-11-27-12-6-18)8-7-24-9-13-28-14-10-24/h3-4,18H,5-15H2,1-2H3. The second-order valence-electron chi connectivity index (χ2n) is 8.04. The zero-order valence-electron chi connectivity index (χ0n) is 17.9. The van der Waals surface area contributed by atoms with Crippen molar-refractivity contribution in [3.8, 4) is 0 Å². The average molecular weight is 418 g/mol. The van der Waals surface area contributed by atoms with E-state index in [2.05, 4.69) is 10.1 Å². The van der Waals surface area contributed by atoms with Gasteiger partial charge in [-0.15, -0.1) is 0 Å². The van der Waals surface area contributed by atoms with Crippen LogP contribution in [-0.2, 0) is 15.9 Å². The number of nitrogens with zero attached hydrogens (tertiary/aromatic N) is 3. The number of furan rings is 1. The lowest BCUT2D eigenvalue weighted by Gasteiger charge is -2.36. The molecule has 0 unspecified atom stereocenters. The van der Waals surface area contributed by atoms with Gasteiger partial charge in [0, 0.05) is 57.4 Å². The highest BCUT2D eigenvalue weighted by Crippen LogP contribution is 2.22. The van der Waals surface area contributed by atoms with Gasteiger partial charge in [-0.2, -0.15) is 0 Å². The van der Waals surface area contributed by atoms with E-state index >= 15 is 0 Å². The van der Waals surface area contributed by atoms with Gasteiger partial charge in [-0.25, -0.2) is 0 Å². The molecule has 2 aliphatic heterocycles. The molecule has 2 aliphatic rings. The minimum absolute atomic E-state index is 0.0415. The summed E-state index contributed by atoms with van der Waals surface area (Å²) < 4.78 is 22.2. The average Bonchev–Trinajstić information content (AvgIpc) is 3.37. The summed E-state index contributed by atoms with van der Waals surface area (Å²) in [6.45, 7) is 10.1. The molecule has 1 amide bonds. The van der Waals surface area contributed by atoms with Crippen molar-refractivity contribution in [2.45, 2.75) is 39.2 Å². The molecule has 2 saturated heterocycles. The van der Waals surface area contributed by atoms with Crippen molar-refractivity contribution < 1.29 is 23.2 Å². The minimum atomic E-state index is -0.0415. The molecule has 2 aromatic heterocycles. The highest BCUT2D eigenvalue weighted by atomic mass is 16.5. The van der Waals surface area contributed by atoms with E-state index in [4.69, 9.17) is 18.4 Å². The van der Waals surface area contributed by atoms with E-state index in [1.165, 1.54) is 0 Å². The van der Waals surface area contributed by atoms with Gasteiger partial charge in [0.25, 0.3) is 5.91 Å². The SMILES string of the molecule is Cc1noc(C)c1Cc1ccc(C(=O)N(CCN2CCOCC2)C2CCOCC2)o1. The molecular formula is C22H31N3O5. The molecule has 0 bridgehead atoms. The molecule has 164 valence electrons. The Bertz CT molecular complexity index is 814. The summed E-state index contributed by atoms with van der Waals surface area (Å²) in [4.78, 5) is 17.7. The van der Waals surface area contributed by atoms with Crippen LogP contribution in [0.5, 0.6) is 0 Å². The first kappa shape index (κ1) is 21.1. The molecule has 8 heteroatoms. The smallest absolute Gasteiger partial charge is 0.289 e. The topological polar surface area (TPSA) is 81.2 Å². The Morgan fingerprint density at radius 3 is 2.57 bits per heavy atom. The molecular weight excluding hydrogens is 386 g/mol. The van der Waals surface area contributed by atoms with Crippen LogP contribution in [0.15, 0.2) is 21.1 Å². The van der Waals surface area contributed by atoms with E-state index < -0.39 is 0 Å². The first-order valence-electron chi connectivity index (χ1n) is 10.8. The van der Waals surface area contributed by atoms with E-state index in [0.29, 0.717) is 31.9 Å². The second kappa shape index (κ2) is 9.76. The van der Waals surface area contributed by atoms with Gasteiger partial charge in [-0.05, 0) is 38.8 Å². The summed E-state index contributed by atoms with van der Waals surface area (Å²) in [5, 5.41) is 4.00. The Labute approximate surface area is 177 Å².